The van der Waals surface area contributed by atoms with Crippen molar-refractivity contribution in [3.05, 3.63) is 17.8 Å². The van der Waals surface area contributed by atoms with Gasteiger partial charge in [0.15, 0.2) is 0 Å². The van der Waals surface area contributed by atoms with Gasteiger partial charge in [-0.05, 0) is 32.4 Å². The number of anilines is 2. The Morgan fingerprint density at radius 3 is 2.62 bits per heavy atom. The minimum atomic E-state index is -0.370. The Bertz CT molecular complexity index is 390. The van der Waals surface area contributed by atoms with E-state index in [1.165, 1.54) is 0 Å². The van der Waals surface area contributed by atoms with Gasteiger partial charge < -0.3 is 16.4 Å². The fourth-order valence-electron chi connectivity index (χ4n) is 1.40. The largest absolute Gasteiger partial charge is 0.397 e. The van der Waals surface area contributed by atoms with Gasteiger partial charge in [0, 0.05) is 6.04 Å². The van der Waals surface area contributed by atoms with Crippen LogP contribution in [0.25, 0.3) is 0 Å². The third-order valence-electron chi connectivity index (χ3n) is 2.38. The van der Waals surface area contributed by atoms with Gasteiger partial charge in [-0.2, -0.15) is 0 Å². The summed E-state index contributed by atoms with van der Waals surface area (Å²) in [5.41, 5.74) is 12.5. The van der Waals surface area contributed by atoms with Gasteiger partial charge in [-0.1, -0.05) is 0 Å². The van der Waals surface area contributed by atoms with Crippen LogP contribution in [0.1, 0.15) is 19.4 Å². The molecule has 4 N–H and O–H groups in total. The molecule has 0 saturated carbocycles. The average molecular weight is 222 g/mol. The molecule has 0 bridgehead atoms. The number of carbonyl (C=O) groups excluding carboxylic acids is 1. The van der Waals surface area contributed by atoms with Gasteiger partial charge in [0.2, 0.25) is 5.91 Å². The lowest BCUT2D eigenvalue weighted by atomic mass is 10.2. The van der Waals surface area contributed by atoms with E-state index in [1.807, 2.05) is 31.7 Å². The van der Waals surface area contributed by atoms with Crippen molar-refractivity contribution >= 4 is 17.4 Å². The fourth-order valence-corrected chi connectivity index (χ4v) is 1.40. The standard InChI is InChI=1S/C11H18N4O/c1-7(2)15(6-10(13)16)11-4-8(3)9(12)5-14-11/h4-5,7H,6,12H2,1-3H3,(H2,13,16). The first-order valence-electron chi connectivity index (χ1n) is 5.19. The third kappa shape index (κ3) is 2.85. The molecular weight excluding hydrogens is 204 g/mol. The number of amides is 1. The van der Waals surface area contributed by atoms with Gasteiger partial charge in [0.1, 0.15) is 5.82 Å². The lowest BCUT2D eigenvalue weighted by molar-refractivity contribution is -0.116. The first-order valence-corrected chi connectivity index (χ1v) is 5.19. The van der Waals surface area contributed by atoms with Crippen LogP contribution in [0, 0.1) is 6.92 Å². The molecule has 0 atom stereocenters. The maximum atomic E-state index is 11.0. The van der Waals surface area contributed by atoms with E-state index in [4.69, 9.17) is 11.5 Å². The highest BCUT2D eigenvalue weighted by atomic mass is 16.1. The normalized spacial score (nSPS) is 10.5. The van der Waals surface area contributed by atoms with Gasteiger partial charge in [-0.15, -0.1) is 0 Å². The van der Waals surface area contributed by atoms with Crippen molar-refractivity contribution in [2.24, 2.45) is 5.73 Å². The maximum absolute atomic E-state index is 11.0. The summed E-state index contributed by atoms with van der Waals surface area (Å²) in [5.74, 6) is 0.352. The second-order valence-corrected chi connectivity index (χ2v) is 4.09. The number of aryl methyl sites for hydroxylation is 1. The summed E-state index contributed by atoms with van der Waals surface area (Å²) in [6.07, 6.45) is 1.60. The van der Waals surface area contributed by atoms with E-state index in [-0.39, 0.29) is 18.5 Å². The summed E-state index contributed by atoms with van der Waals surface area (Å²) < 4.78 is 0. The summed E-state index contributed by atoms with van der Waals surface area (Å²) in [6.45, 7) is 6.03. The average Bonchev–Trinajstić information content (AvgIpc) is 2.18. The van der Waals surface area contributed by atoms with Crippen LogP contribution in [0.4, 0.5) is 11.5 Å². The Labute approximate surface area is 95.4 Å². The summed E-state index contributed by atoms with van der Waals surface area (Å²) in [6, 6.07) is 2.01. The highest BCUT2D eigenvalue weighted by Crippen LogP contribution is 2.18. The van der Waals surface area contributed by atoms with Gasteiger partial charge >= 0.3 is 0 Å². The number of pyridine rings is 1. The number of nitrogens with zero attached hydrogens (tertiary/aromatic N) is 2. The van der Waals surface area contributed by atoms with E-state index in [2.05, 4.69) is 4.98 Å². The van der Waals surface area contributed by atoms with Crippen molar-refractivity contribution < 1.29 is 4.79 Å². The molecule has 5 nitrogen and oxygen atoms in total. The van der Waals surface area contributed by atoms with Crippen molar-refractivity contribution in [2.45, 2.75) is 26.8 Å². The van der Waals surface area contributed by atoms with Crippen LogP contribution in [0.5, 0.6) is 0 Å². The predicted molar refractivity (Wildman–Crippen MR) is 65.1 cm³/mol. The Balaban J connectivity index is 3.01. The van der Waals surface area contributed by atoms with E-state index in [1.54, 1.807) is 6.20 Å². The van der Waals surface area contributed by atoms with Gasteiger partial charge in [0.05, 0.1) is 18.4 Å². The summed E-state index contributed by atoms with van der Waals surface area (Å²) in [7, 11) is 0. The molecule has 1 aromatic rings. The van der Waals surface area contributed by atoms with Crippen LogP contribution in [-0.4, -0.2) is 23.5 Å². The predicted octanol–water partition coefficient (Wildman–Crippen LogP) is 0.672. The van der Waals surface area contributed by atoms with Crippen molar-refractivity contribution in [3.8, 4) is 0 Å². The van der Waals surface area contributed by atoms with E-state index < -0.39 is 0 Å². The summed E-state index contributed by atoms with van der Waals surface area (Å²) in [4.78, 5) is 17.0. The molecule has 1 rings (SSSR count). The molecule has 1 heterocycles. The Morgan fingerprint density at radius 2 is 2.19 bits per heavy atom. The number of hydrogen-bond donors (Lipinski definition) is 2. The van der Waals surface area contributed by atoms with Crippen molar-refractivity contribution in [2.75, 3.05) is 17.2 Å². The van der Waals surface area contributed by atoms with E-state index >= 15 is 0 Å². The maximum Gasteiger partial charge on any atom is 0.237 e. The van der Waals surface area contributed by atoms with Crippen LogP contribution in [0.15, 0.2) is 12.3 Å². The number of aromatic nitrogens is 1. The molecule has 1 amide bonds. The van der Waals surface area contributed by atoms with Crippen LogP contribution < -0.4 is 16.4 Å². The van der Waals surface area contributed by atoms with Crippen molar-refractivity contribution in [3.63, 3.8) is 0 Å². The number of hydrogen-bond acceptors (Lipinski definition) is 4. The SMILES string of the molecule is Cc1cc(N(CC(N)=O)C(C)C)ncc1N. The minimum absolute atomic E-state index is 0.156. The lowest BCUT2D eigenvalue weighted by Gasteiger charge is -2.26. The molecule has 5 heteroatoms. The van der Waals surface area contributed by atoms with Gasteiger partial charge in [0.25, 0.3) is 0 Å². The highest BCUT2D eigenvalue weighted by molar-refractivity contribution is 5.79. The molecule has 0 saturated heterocycles. The monoisotopic (exact) mass is 222 g/mol. The molecule has 0 aliphatic heterocycles. The van der Waals surface area contributed by atoms with Crippen LogP contribution in [0.3, 0.4) is 0 Å². The zero-order valence-corrected chi connectivity index (χ0v) is 9.90. The van der Waals surface area contributed by atoms with E-state index in [0.717, 1.165) is 11.4 Å². The number of nitrogens with two attached hydrogens (primary N) is 2. The Morgan fingerprint density at radius 1 is 1.56 bits per heavy atom. The van der Waals surface area contributed by atoms with Crippen LogP contribution in [0.2, 0.25) is 0 Å². The molecule has 0 aliphatic rings. The molecule has 0 fully saturated rings. The van der Waals surface area contributed by atoms with E-state index in [0.29, 0.717) is 5.69 Å². The lowest BCUT2D eigenvalue weighted by Crippen LogP contribution is -2.39. The summed E-state index contributed by atoms with van der Waals surface area (Å²) >= 11 is 0. The topological polar surface area (TPSA) is 85.2 Å². The first-order chi connectivity index (χ1) is 7.41. The first kappa shape index (κ1) is 12.3. The van der Waals surface area contributed by atoms with Crippen LogP contribution >= 0.6 is 0 Å². The quantitative estimate of drug-likeness (QED) is 0.784. The molecule has 1 aromatic heterocycles. The Kier molecular flexibility index (Phi) is 3.71. The van der Waals surface area contributed by atoms with Crippen molar-refractivity contribution in [1.29, 1.82) is 0 Å². The highest BCUT2D eigenvalue weighted by Gasteiger charge is 2.14. The number of primary amides is 1. The molecule has 0 spiro atoms. The number of rotatable bonds is 4. The molecule has 0 aromatic carbocycles. The van der Waals surface area contributed by atoms with E-state index in [9.17, 15) is 4.79 Å². The molecule has 16 heavy (non-hydrogen) atoms. The molecule has 0 aliphatic carbocycles. The second-order valence-electron chi connectivity index (χ2n) is 4.09. The zero-order valence-electron chi connectivity index (χ0n) is 9.90. The molecular formula is C11H18N4O. The smallest absolute Gasteiger partial charge is 0.237 e. The zero-order chi connectivity index (χ0) is 12.3. The van der Waals surface area contributed by atoms with Gasteiger partial charge in [-0.25, -0.2) is 4.98 Å². The Hall–Kier alpha value is -1.78. The minimum Gasteiger partial charge on any atom is -0.397 e. The number of carbonyl (C=O) groups is 1. The molecule has 0 radical (unpaired) electrons. The van der Waals surface area contributed by atoms with Gasteiger partial charge in [-0.3, -0.25) is 4.79 Å². The third-order valence-corrected chi connectivity index (χ3v) is 2.38. The van der Waals surface area contributed by atoms with Crippen LogP contribution in [-0.2, 0) is 4.79 Å². The summed E-state index contributed by atoms with van der Waals surface area (Å²) in [5, 5.41) is 0. The number of nitrogen functional groups attached to an aromatic ring is 1. The molecule has 0 unspecified atom stereocenters. The van der Waals surface area contributed by atoms with Crippen molar-refractivity contribution in [1.82, 2.24) is 4.98 Å². The molecule has 88 valence electrons. The second kappa shape index (κ2) is 4.83. The fraction of sp³-hybridized carbons (Fsp3) is 0.455.